The number of aryl methyl sites for hydroxylation is 2. The Morgan fingerprint density at radius 2 is 1.58 bits per heavy atom. The molecule has 5 rings (SSSR count). The molecule has 2 aliphatic heterocycles. The van der Waals surface area contributed by atoms with Gasteiger partial charge in [0, 0.05) is 43.1 Å². The number of carbonyl (C=O) groups is 2. The molecule has 0 radical (unpaired) electrons. The molecule has 0 bridgehead atoms. The third kappa shape index (κ3) is 4.65. The van der Waals surface area contributed by atoms with Crippen LogP contribution in [-0.2, 0) is 9.59 Å². The van der Waals surface area contributed by atoms with Crippen molar-refractivity contribution >= 4 is 28.8 Å². The number of amides is 1. The van der Waals surface area contributed by atoms with Gasteiger partial charge in [0.2, 0.25) is 0 Å². The van der Waals surface area contributed by atoms with Crippen molar-refractivity contribution < 1.29 is 19.4 Å². The normalized spacial score (nSPS) is 19.7. The molecule has 1 N–H and O–H groups in total. The van der Waals surface area contributed by atoms with Crippen LogP contribution in [0.3, 0.4) is 0 Å². The summed E-state index contributed by atoms with van der Waals surface area (Å²) in [5.74, 6) is -0.879. The van der Waals surface area contributed by atoms with Crippen molar-refractivity contribution in [2.75, 3.05) is 50.1 Å². The molecular weight excluding hydrogens is 478 g/mol. The van der Waals surface area contributed by atoms with Gasteiger partial charge in [0.25, 0.3) is 11.7 Å². The zero-order valence-corrected chi connectivity index (χ0v) is 22.3. The Bertz CT molecular complexity index is 1400. The van der Waals surface area contributed by atoms with Crippen LogP contribution in [0.25, 0.3) is 5.76 Å². The number of anilines is 2. The predicted octanol–water partition coefficient (Wildman–Crippen LogP) is 4.69. The van der Waals surface area contributed by atoms with Crippen LogP contribution in [0.5, 0.6) is 5.75 Å². The Hall–Kier alpha value is -4.10. The van der Waals surface area contributed by atoms with E-state index in [1.807, 2.05) is 62.4 Å². The van der Waals surface area contributed by atoms with Gasteiger partial charge in [-0.15, -0.1) is 0 Å². The summed E-state index contributed by atoms with van der Waals surface area (Å²) in [7, 11) is 3.70. The van der Waals surface area contributed by atoms with E-state index in [0.29, 0.717) is 17.0 Å². The number of likely N-dealkylation sites (N-methyl/N-ethyl adjacent to an activating group) is 1. The van der Waals surface area contributed by atoms with Crippen molar-refractivity contribution in [2.24, 2.45) is 0 Å². The number of piperazine rings is 1. The first kappa shape index (κ1) is 25.5. The number of ether oxygens (including phenoxy) is 1. The summed E-state index contributed by atoms with van der Waals surface area (Å²) in [6.07, 6.45) is 0. The highest BCUT2D eigenvalue weighted by molar-refractivity contribution is 6.51. The van der Waals surface area contributed by atoms with Crippen LogP contribution in [0.2, 0.25) is 0 Å². The van der Waals surface area contributed by atoms with Crippen LogP contribution in [-0.4, -0.2) is 62.0 Å². The highest BCUT2D eigenvalue weighted by Gasteiger charge is 2.47. The van der Waals surface area contributed by atoms with Crippen molar-refractivity contribution in [2.45, 2.75) is 19.9 Å². The lowest BCUT2D eigenvalue weighted by atomic mass is 9.94. The molecule has 0 aromatic heterocycles. The Morgan fingerprint density at radius 3 is 2.21 bits per heavy atom. The van der Waals surface area contributed by atoms with Crippen molar-refractivity contribution in [3.63, 3.8) is 0 Å². The first-order valence-corrected chi connectivity index (χ1v) is 12.8. The topological polar surface area (TPSA) is 73.3 Å². The van der Waals surface area contributed by atoms with E-state index in [9.17, 15) is 14.7 Å². The van der Waals surface area contributed by atoms with E-state index < -0.39 is 17.7 Å². The van der Waals surface area contributed by atoms with Crippen LogP contribution in [0.4, 0.5) is 11.4 Å². The maximum Gasteiger partial charge on any atom is 0.300 e. The molecule has 2 aliphatic rings. The van der Waals surface area contributed by atoms with Crippen LogP contribution < -0.4 is 14.5 Å². The SMILES string of the molecule is COc1ccc(/C(O)=C2/C(=O)C(=O)N(c3ccc(N4CCN(C)CC4)cc3)C2c2cccc(C)c2)cc1C. The number of methoxy groups -OCH3 is 1. The van der Waals surface area contributed by atoms with Gasteiger partial charge in [0.05, 0.1) is 18.7 Å². The molecule has 38 heavy (non-hydrogen) atoms. The van der Waals surface area contributed by atoms with E-state index in [-0.39, 0.29) is 11.3 Å². The first-order valence-electron chi connectivity index (χ1n) is 12.8. The lowest BCUT2D eigenvalue weighted by molar-refractivity contribution is -0.132. The van der Waals surface area contributed by atoms with Gasteiger partial charge in [-0.05, 0) is 74.5 Å². The second kappa shape index (κ2) is 10.3. The highest BCUT2D eigenvalue weighted by Crippen LogP contribution is 2.43. The molecule has 3 aromatic rings. The highest BCUT2D eigenvalue weighted by atomic mass is 16.5. The molecule has 3 aromatic carbocycles. The summed E-state index contributed by atoms with van der Waals surface area (Å²) in [5.41, 5.74) is 4.81. The number of rotatable bonds is 5. The maximum absolute atomic E-state index is 13.5. The number of benzene rings is 3. The third-order valence-corrected chi connectivity index (χ3v) is 7.47. The minimum absolute atomic E-state index is 0.0771. The number of carbonyl (C=O) groups excluding carboxylic acids is 2. The van der Waals surface area contributed by atoms with Gasteiger partial charge in [-0.2, -0.15) is 0 Å². The molecule has 1 unspecified atom stereocenters. The molecule has 0 saturated carbocycles. The lowest BCUT2D eigenvalue weighted by Gasteiger charge is -2.34. The van der Waals surface area contributed by atoms with E-state index in [4.69, 9.17) is 4.74 Å². The molecular formula is C31H33N3O4. The van der Waals surface area contributed by atoms with Gasteiger partial charge in [-0.1, -0.05) is 29.8 Å². The third-order valence-electron chi connectivity index (χ3n) is 7.47. The van der Waals surface area contributed by atoms with Crippen molar-refractivity contribution in [1.82, 2.24) is 4.90 Å². The number of aliphatic hydroxyl groups is 1. The van der Waals surface area contributed by atoms with E-state index in [1.165, 1.54) is 4.90 Å². The fourth-order valence-electron chi connectivity index (χ4n) is 5.32. The van der Waals surface area contributed by atoms with Gasteiger partial charge in [0.15, 0.2) is 0 Å². The smallest absolute Gasteiger partial charge is 0.300 e. The first-order chi connectivity index (χ1) is 18.3. The minimum Gasteiger partial charge on any atom is -0.507 e. The summed E-state index contributed by atoms with van der Waals surface area (Å²) in [6, 6.07) is 19.9. The number of ketones is 1. The number of aliphatic hydroxyl groups excluding tert-OH is 1. The number of hydrogen-bond acceptors (Lipinski definition) is 6. The van der Waals surface area contributed by atoms with Crippen molar-refractivity contribution in [3.05, 3.63) is 94.6 Å². The summed E-state index contributed by atoms with van der Waals surface area (Å²) >= 11 is 0. The van der Waals surface area contributed by atoms with E-state index >= 15 is 0 Å². The lowest BCUT2D eigenvalue weighted by Crippen LogP contribution is -2.44. The zero-order valence-electron chi connectivity index (χ0n) is 22.3. The average molecular weight is 512 g/mol. The van der Waals surface area contributed by atoms with Gasteiger partial charge in [-0.25, -0.2) is 0 Å². The van der Waals surface area contributed by atoms with Crippen LogP contribution >= 0.6 is 0 Å². The average Bonchev–Trinajstić information content (AvgIpc) is 3.19. The molecule has 2 saturated heterocycles. The fraction of sp³-hybridized carbons (Fsp3) is 0.290. The molecule has 1 atom stereocenters. The molecule has 7 heteroatoms. The van der Waals surface area contributed by atoms with Crippen molar-refractivity contribution in [3.8, 4) is 5.75 Å². The largest absolute Gasteiger partial charge is 0.507 e. The quantitative estimate of drug-likeness (QED) is 0.304. The molecule has 7 nitrogen and oxygen atoms in total. The summed E-state index contributed by atoms with van der Waals surface area (Å²) < 4.78 is 5.35. The van der Waals surface area contributed by atoms with Crippen LogP contribution in [0, 0.1) is 13.8 Å². The molecule has 2 heterocycles. The molecule has 2 fully saturated rings. The maximum atomic E-state index is 13.5. The standard InChI is InChI=1S/C31H33N3O4/c1-20-6-5-7-22(18-20)28-27(29(35)23-8-13-26(38-4)21(2)19-23)30(36)31(37)34(28)25-11-9-24(10-12-25)33-16-14-32(3)15-17-33/h5-13,18-19,28,35H,14-17H2,1-4H3/b29-27-. The Labute approximate surface area is 223 Å². The van der Waals surface area contributed by atoms with Crippen LogP contribution in [0.15, 0.2) is 72.3 Å². The predicted molar refractivity (Wildman–Crippen MR) is 150 cm³/mol. The van der Waals surface area contributed by atoms with E-state index in [0.717, 1.165) is 48.6 Å². The minimum atomic E-state index is -0.758. The zero-order chi connectivity index (χ0) is 27.0. The fourth-order valence-corrected chi connectivity index (χ4v) is 5.32. The van der Waals surface area contributed by atoms with E-state index in [1.54, 1.807) is 25.3 Å². The van der Waals surface area contributed by atoms with E-state index in [2.05, 4.69) is 16.8 Å². The van der Waals surface area contributed by atoms with Gasteiger partial charge in [-0.3, -0.25) is 14.5 Å². The van der Waals surface area contributed by atoms with Crippen molar-refractivity contribution in [1.29, 1.82) is 0 Å². The Balaban J connectivity index is 1.59. The summed E-state index contributed by atoms with van der Waals surface area (Å²) in [4.78, 5) is 33.1. The molecule has 0 aliphatic carbocycles. The molecule has 196 valence electrons. The second-order valence-corrected chi connectivity index (χ2v) is 10.1. The monoisotopic (exact) mass is 511 g/mol. The number of nitrogens with zero attached hydrogens (tertiary/aromatic N) is 3. The molecule has 0 spiro atoms. The van der Waals surface area contributed by atoms with Crippen LogP contribution in [0.1, 0.15) is 28.3 Å². The van der Waals surface area contributed by atoms with Gasteiger partial charge in [0.1, 0.15) is 11.5 Å². The summed E-state index contributed by atoms with van der Waals surface area (Å²) in [6.45, 7) is 7.69. The second-order valence-electron chi connectivity index (χ2n) is 10.1. The summed E-state index contributed by atoms with van der Waals surface area (Å²) in [5, 5.41) is 11.4. The Kier molecular flexibility index (Phi) is 6.95. The van der Waals surface area contributed by atoms with Gasteiger partial charge >= 0.3 is 0 Å². The Morgan fingerprint density at radius 1 is 0.895 bits per heavy atom. The van der Waals surface area contributed by atoms with Gasteiger partial charge < -0.3 is 19.6 Å². The number of hydrogen-bond donors (Lipinski definition) is 1. The number of Topliss-reactive ketones (excluding diaryl/α,β-unsaturated/α-hetero) is 1. The molecule has 1 amide bonds.